The summed E-state index contributed by atoms with van der Waals surface area (Å²) in [6.07, 6.45) is 4.19. The monoisotopic (exact) mass is 432 g/mol. The Bertz CT molecular complexity index is 1140. The molecule has 0 aliphatic rings. The highest BCUT2D eigenvalue weighted by atomic mass is 16.5. The van der Waals surface area contributed by atoms with Crippen LogP contribution >= 0.6 is 0 Å². The second-order valence-electron chi connectivity index (χ2n) is 8.00. The zero-order chi connectivity index (χ0) is 22.9. The summed E-state index contributed by atoms with van der Waals surface area (Å²) in [4.78, 5) is 13.5. The molecule has 0 saturated carbocycles. The first-order valence-corrected chi connectivity index (χ1v) is 11.3. The SMILES string of the molecule is C/C=C/[C@@H](Cc1ccccc1)OC(=O)c1ccccc1C(c1ccccc1)c1ccccc1. The second-order valence-corrected chi connectivity index (χ2v) is 8.00. The van der Waals surface area contributed by atoms with Crippen LogP contribution in [0.5, 0.6) is 0 Å². The van der Waals surface area contributed by atoms with Gasteiger partial charge in [-0.15, -0.1) is 0 Å². The van der Waals surface area contributed by atoms with Gasteiger partial charge < -0.3 is 4.74 Å². The van der Waals surface area contributed by atoms with Gasteiger partial charge in [0.25, 0.3) is 0 Å². The summed E-state index contributed by atoms with van der Waals surface area (Å²) in [7, 11) is 0. The molecule has 0 heterocycles. The highest BCUT2D eigenvalue weighted by molar-refractivity contribution is 5.92. The Morgan fingerprint density at radius 3 is 1.82 bits per heavy atom. The lowest BCUT2D eigenvalue weighted by molar-refractivity contribution is 0.0394. The molecule has 4 aromatic rings. The van der Waals surface area contributed by atoms with Crippen LogP contribution in [0.1, 0.15) is 45.5 Å². The lowest BCUT2D eigenvalue weighted by Crippen LogP contribution is -2.20. The van der Waals surface area contributed by atoms with Crippen molar-refractivity contribution in [1.82, 2.24) is 0 Å². The number of esters is 1. The molecule has 33 heavy (non-hydrogen) atoms. The standard InChI is InChI=1S/C31H28O2/c1-2-14-27(23-24-15-6-3-7-16-24)33-31(32)29-22-13-12-21-28(29)30(25-17-8-4-9-18-25)26-19-10-5-11-20-26/h2-22,27,30H,23H2,1H3/b14-2+/t27-/m0/s1. The van der Waals surface area contributed by atoms with E-state index in [0.29, 0.717) is 12.0 Å². The van der Waals surface area contributed by atoms with Gasteiger partial charge in [-0.05, 0) is 41.3 Å². The zero-order valence-corrected chi connectivity index (χ0v) is 18.8. The predicted octanol–water partition coefficient (Wildman–Crippen LogP) is 7.21. The molecule has 1 atom stereocenters. The van der Waals surface area contributed by atoms with Crippen LogP contribution in [0.3, 0.4) is 0 Å². The number of carbonyl (C=O) groups excluding carboxylic acids is 1. The lowest BCUT2D eigenvalue weighted by atomic mass is 9.83. The molecule has 0 aromatic heterocycles. The molecule has 0 radical (unpaired) electrons. The van der Waals surface area contributed by atoms with Crippen LogP contribution in [0.4, 0.5) is 0 Å². The molecule has 0 amide bonds. The molecule has 164 valence electrons. The quantitative estimate of drug-likeness (QED) is 0.167. The first-order valence-electron chi connectivity index (χ1n) is 11.3. The van der Waals surface area contributed by atoms with Gasteiger partial charge in [0.15, 0.2) is 0 Å². The van der Waals surface area contributed by atoms with Crippen molar-refractivity contribution in [3.05, 3.63) is 155 Å². The summed E-state index contributed by atoms with van der Waals surface area (Å²) < 4.78 is 6.02. The van der Waals surface area contributed by atoms with E-state index in [0.717, 1.165) is 22.3 Å². The molecule has 2 heteroatoms. The van der Waals surface area contributed by atoms with Crippen LogP contribution in [0.2, 0.25) is 0 Å². The van der Waals surface area contributed by atoms with Gasteiger partial charge >= 0.3 is 5.97 Å². The van der Waals surface area contributed by atoms with Gasteiger partial charge in [0, 0.05) is 12.3 Å². The van der Waals surface area contributed by atoms with Gasteiger partial charge in [-0.3, -0.25) is 0 Å². The molecule has 0 fully saturated rings. The molecule has 0 bridgehead atoms. The van der Waals surface area contributed by atoms with Gasteiger partial charge in [-0.2, -0.15) is 0 Å². The maximum absolute atomic E-state index is 13.5. The summed E-state index contributed by atoms with van der Waals surface area (Å²) in [5.74, 6) is -0.369. The van der Waals surface area contributed by atoms with Crippen molar-refractivity contribution in [2.24, 2.45) is 0 Å². The van der Waals surface area contributed by atoms with E-state index >= 15 is 0 Å². The Morgan fingerprint density at radius 2 is 1.24 bits per heavy atom. The average molecular weight is 433 g/mol. The van der Waals surface area contributed by atoms with Gasteiger partial charge in [0.1, 0.15) is 6.10 Å². The fraction of sp³-hybridized carbons (Fsp3) is 0.129. The Labute approximate surface area is 196 Å². The number of hydrogen-bond donors (Lipinski definition) is 0. The van der Waals surface area contributed by atoms with Crippen LogP contribution in [-0.4, -0.2) is 12.1 Å². The molecule has 0 spiro atoms. The summed E-state index contributed by atoms with van der Waals surface area (Å²) >= 11 is 0. The topological polar surface area (TPSA) is 26.3 Å². The van der Waals surface area contributed by atoms with Crippen LogP contribution in [0, 0.1) is 0 Å². The van der Waals surface area contributed by atoms with Crippen molar-refractivity contribution in [2.75, 3.05) is 0 Å². The number of rotatable bonds is 8. The third kappa shape index (κ3) is 5.67. The van der Waals surface area contributed by atoms with E-state index in [2.05, 4.69) is 36.4 Å². The van der Waals surface area contributed by atoms with Crippen molar-refractivity contribution < 1.29 is 9.53 Å². The average Bonchev–Trinajstić information content (AvgIpc) is 2.87. The van der Waals surface area contributed by atoms with Crippen molar-refractivity contribution in [1.29, 1.82) is 0 Å². The van der Waals surface area contributed by atoms with Crippen molar-refractivity contribution in [2.45, 2.75) is 25.4 Å². The molecule has 2 nitrogen and oxygen atoms in total. The van der Waals surface area contributed by atoms with Crippen LogP contribution in [0.15, 0.2) is 127 Å². The molecule has 0 aliphatic carbocycles. The molecule has 4 rings (SSSR count). The van der Waals surface area contributed by atoms with Crippen molar-refractivity contribution in [3.8, 4) is 0 Å². The van der Waals surface area contributed by atoms with E-state index in [9.17, 15) is 4.79 Å². The molecule has 0 aliphatic heterocycles. The Balaban J connectivity index is 1.68. The first kappa shape index (κ1) is 22.3. The molecule has 0 saturated heterocycles. The number of carbonyl (C=O) groups is 1. The fourth-order valence-electron chi connectivity index (χ4n) is 4.19. The van der Waals surface area contributed by atoms with Crippen LogP contribution in [0.25, 0.3) is 0 Å². The molecule has 0 N–H and O–H groups in total. The van der Waals surface area contributed by atoms with Gasteiger partial charge in [0.2, 0.25) is 0 Å². The molecular weight excluding hydrogens is 404 g/mol. The van der Waals surface area contributed by atoms with Gasteiger partial charge in [-0.1, -0.05) is 115 Å². The third-order valence-corrected chi connectivity index (χ3v) is 5.70. The summed E-state index contributed by atoms with van der Waals surface area (Å²) in [6, 6.07) is 38.5. The number of hydrogen-bond acceptors (Lipinski definition) is 2. The molecule has 0 unspecified atom stereocenters. The summed E-state index contributed by atoms with van der Waals surface area (Å²) in [5.41, 5.74) is 4.95. The lowest BCUT2D eigenvalue weighted by Gasteiger charge is -2.22. The normalized spacial score (nSPS) is 12.1. The second kappa shape index (κ2) is 11.1. The minimum absolute atomic E-state index is 0.0644. The van der Waals surface area contributed by atoms with Crippen molar-refractivity contribution >= 4 is 5.97 Å². The smallest absolute Gasteiger partial charge is 0.339 e. The van der Waals surface area contributed by atoms with Gasteiger partial charge in [-0.25, -0.2) is 4.79 Å². The summed E-state index contributed by atoms with van der Waals surface area (Å²) in [6.45, 7) is 1.95. The maximum Gasteiger partial charge on any atom is 0.339 e. The van der Waals surface area contributed by atoms with Crippen molar-refractivity contribution in [3.63, 3.8) is 0 Å². The number of allylic oxidation sites excluding steroid dienone is 1. The summed E-state index contributed by atoms with van der Waals surface area (Å²) in [5, 5.41) is 0. The van der Waals surface area contributed by atoms with E-state index < -0.39 is 0 Å². The van der Waals surface area contributed by atoms with Crippen LogP contribution in [-0.2, 0) is 11.2 Å². The Hall–Kier alpha value is -3.91. The van der Waals surface area contributed by atoms with E-state index in [1.165, 1.54) is 0 Å². The largest absolute Gasteiger partial charge is 0.454 e. The van der Waals surface area contributed by atoms with E-state index in [4.69, 9.17) is 4.74 Å². The minimum Gasteiger partial charge on any atom is -0.454 e. The highest BCUT2D eigenvalue weighted by Gasteiger charge is 2.24. The third-order valence-electron chi connectivity index (χ3n) is 5.70. The number of benzene rings is 4. The van der Waals surface area contributed by atoms with Crippen LogP contribution < -0.4 is 0 Å². The first-order chi connectivity index (χ1) is 16.3. The molecular formula is C31H28O2. The minimum atomic E-state index is -0.329. The maximum atomic E-state index is 13.5. The molecule has 4 aromatic carbocycles. The fourth-order valence-corrected chi connectivity index (χ4v) is 4.19. The van der Waals surface area contributed by atoms with E-state index in [1.54, 1.807) is 0 Å². The Morgan fingerprint density at radius 1 is 0.727 bits per heavy atom. The predicted molar refractivity (Wildman–Crippen MR) is 134 cm³/mol. The highest BCUT2D eigenvalue weighted by Crippen LogP contribution is 2.34. The number of ether oxygens (including phenoxy) is 1. The Kier molecular flexibility index (Phi) is 7.50. The van der Waals surface area contributed by atoms with E-state index in [1.807, 2.05) is 97.9 Å². The van der Waals surface area contributed by atoms with E-state index in [-0.39, 0.29) is 18.0 Å². The van der Waals surface area contributed by atoms with Gasteiger partial charge in [0.05, 0.1) is 5.56 Å². The zero-order valence-electron chi connectivity index (χ0n) is 18.8.